The van der Waals surface area contributed by atoms with Crippen LogP contribution in [0.25, 0.3) is 0 Å². The van der Waals surface area contributed by atoms with Crippen LogP contribution in [0.4, 0.5) is 0 Å². The van der Waals surface area contributed by atoms with Crippen LogP contribution in [-0.4, -0.2) is 6.04 Å². The molecule has 0 aliphatic rings. The number of hydrogen-bond acceptors (Lipinski definition) is 2. The van der Waals surface area contributed by atoms with Gasteiger partial charge in [0.25, 0.3) is 0 Å². The molecule has 0 aliphatic carbocycles. The summed E-state index contributed by atoms with van der Waals surface area (Å²) >= 11 is 0. The Morgan fingerprint density at radius 3 is 2.73 bits per heavy atom. The van der Waals surface area contributed by atoms with Crippen LogP contribution in [0.3, 0.4) is 0 Å². The van der Waals surface area contributed by atoms with Gasteiger partial charge >= 0.3 is 0 Å². The molecule has 2 atom stereocenters. The molecule has 0 spiro atoms. The van der Waals surface area contributed by atoms with Crippen molar-refractivity contribution in [1.29, 1.82) is 0 Å². The van der Waals surface area contributed by atoms with Crippen LogP contribution in [0.2, 0.25) is 0 Å². The lowest BCUT2D eigenvalue weighted by Crippen LogP contribution is -2.30. The summed E-state index contributed by atoms with van der Waals surface area (Å²) in [4.78, 5) is 0. The largest absolute Gasteiger partial charge is 0.465 e. The van der Waals surface area contributed by atoms with Gasteiger partial charge in [-0.1, -0.05) is 6.92 Å². The average molecular weight is 205 g/mol. The van der Waals surface area contributed by atoms with Gasteiger partial charge in [0, 0.05) is 12.5 Å². The molecule has 2 heteroatoms. The molecule has 1 rings (SSSR count). The number of rotatable bonds is 5. The fraction of sp³-hybridized carbons (Fsp3) is 0.538. The first-order valence-corrected chi connectivity index (χ1v) is 5.43. The number of nitrogens with one attached hydrogen (secondary N) is 1. The van der Waals surface area contributed by atoms with E-state index in [4.69, 9.17) is 10.8 Å². The van der Waals surface area contributed by atoms with Gasteiger partial charge in [-0.05, 0) is 32.4 Å². The molecular weight excluding hydrogens is 186 g/mol. The van der Waals surface area contributed by atoms with Gasteiger partial charge in [-0.25, -0.2) is 0 Å². The molecule has 0 saturated carbocycles. The summed E-state index contributed by atoms with van der Waals surface area (Å²) in [5.41, 5.74) is 0. The quantitative estimate of drug-likeness (QED) is 0.747. The van der Waals surface area contributed by atoms with Crippen molar-refractivity contribution in [2.75, 3.05) is 0 Å². The predicted octanol–water partition coefficient (Wildman–Crippen LogP) is 3.04. The van der Waals surface area contributed by atoms with E-state index >= 15 is 0 Å². The maximum atomic E-state index is 5.55. The Balaban J connectivity index is 2.54. The van der Waals surface area contributed by atoms with Crippen molar-refractivity contribution in [1.82, 2.24) is 5.32 Å². The lowest BCUT2D eigenvalue weighted by atomic mass is 10.1. The number of terminal acetylenes is 1. The second-order valence-corrected chi connectivity index (χ2v) is 3.85. The molecule has 1 aromatic rings. The first-order valence-electron chi connectivity index (χ1n) is 5.43. The molecule has 1 heterocycles. The molecule has 0 amide bonds. The first kappa shape index (κ1) is 11.9. The molecule has 82 valence electrons. The minimum Gasteiger partial charge on any atom is -0.465 e. The van der Waals surface area contributed by atoms with E-state index < -0.39 is 0 Å². The van der Waals surface area contributed by atoms with Crippen molar-refractivity contribution in [3.05, 3.63) is 23.7 Å². The SMILES string of the molecule is C#CCC(CC)NC(C)c1ccc(C)o1. The molecular formula is C13H19NO. The van der Waals surface area contributed by atoms with Gasteiger partial charge in [-0.15, -0.1) is 12.3 Å². The Morgan fingerprint density at radius 2 is 2.27 bits per heavy atom. The summed E-state index contributed by atoms with van der Waals surface area (Å²) in [5.74, 6) is 4.61. The van der Waals surface area contributed by atoms with Crippen LogP contribution in [0.1, 0.15) is 44.3 Å². The highest BCUT2D eigenvalue weighted by molar-refractivity contribution is 5.09. The van der Waals surface area contributed by atoms with Crippen molar-refractivity contribution in [2.45, 2.75) is 45.7 Å². The molecule has 15 heavy (non-hydrogen) atoms. The second-order valence-electron chi connectivity index (χ2n) is 3.85. The summed E-state index contributed by atoms with van der Waals surface area (Å²) < 4.78 is 5.55. The van der Waals surface area contributed by atoms with Gasteiger partial charge in [-0.3, -0.25) is 0 Å². The molecule has 2 unspecified atom stereocenters. The molecule has 0 aromatic carbocycles. The van der Waals surface area contributed by atoms with Crippen LogP contribution in [0, 0.1) is 19.3 Å². The van der Waals surface area contributed by atoms with Crippen molar-refractivity contribution >= 4 is 0 Å². The second kappa shape index (κ2) is 5.63. The van der Waals surface area contributed by atoms with E-state index in [9.17, 15) is 0 Å². The van der Waals surface area contributed by atoms with Crippen LogP contribution >= 0.6 is 0 Å². The van der Waals surface area contributed by atoms with E-state index in [1.165, 1.54) is 0 Å². The van der Waals surface area contributed by atoms with Crippen LogP contribution < -0.4 is 5.32 Å². The highest BCUT2D eigenvalue weighted by Gasteiger charge is 2.13. The Morgan fingerprint density at radius 1 is 1.53 bits per heavy atom. The van der Waals surface area contributed by atoms with Gasteiger partial charge in [0.15, 0.2) is 0 Å². The van der Waals surface area contributed by atoms with Crippen molar-refractivity contribution < 1.29 is 4.42 Å². The van der Waals surface area contributed by atoms with Crippen molar-refractivity contribution in [2.24, 2.45) is 0 Å². The zero-order valence-electron chi connectivity index (χ0n) is 9.71. The molecule has 2 nitrogen and oxygen atoms in total. The third-order valence-corrected chi connectivity index (χ3v) is 2.53. The maximum absolute atomic E-state index is 5.55. The summed E-state index contributed by atoms with van der Waals surface area (Å²) in [6.45, 7) is 6.18. The Kier molecular flexibility index (Phi) is 4.45. The molecule has 1 aromatic heterocycles. The standard InChI is InChI=1S/C13H19NO/c1-5-7-12(6-2)14-11(4)13-9-8-10(3)15-13/h1,8-9,11-12,14H,6-7H2,2-4H3. The van der Waals surface area contributed by atoms with Crippen molar-refractivity contribution in [3.8, 4) is 12.3 Å². The van der Waals surface area contributed by atoms with E-state index in [0.29, 0.717) is 6.04 Å². The minimum atomic E-state index is 0.219. The Bertz CT molecular complexity index is 335. The molecule has 0 fully saturated rings. The van der Waals surface area contributed by atoms with Crippen LogP contribution in [0.15, 0.2) is 16.5 Å². The minimum absolute atomic E-state index is 0.219. The van der Waals surface area contributed by atoms with Gasteiger partial charge in [0.05, 0.1) is 6.04 Å². The predicted molar refractivity (Wildman–Crippen MR) is 62.5 cm³/mol. The van der Waals surface area contributed by atoms with Gasteiger partial charge in [-0.2, -0.15) is 0 Å². The zero-order chi connectivity index (χ0) is 11.3. The molecule has 0 radical (unpaired) electrons. The molecule has 0 aliphatic heterocycles. The van der Waals surface area contributed by atoms with Gasteiger partial charge in [0.1, 0.15) is 11.5 Å². The van der Waals surface area contributed by atoms with Crippen LogP contribution in [0.5, 0.6) is 0 Å². The summed E-state index contributed by atoms with van der Waals surface area (Å²) in [7, 11) is 0. The third-order valence-electron chi connectivity index (χ3n) is 2.53. The summed E-state index contributed by atoms with van der Waals surface area (Å²) in [5, 5.41) is 3.46. The van der Waals surface area contributed by atoms with Crippen molar-refractivity contribution in [3.63, 3.8) is 0 Å². The van der Waals surface area contributed by atoms with Gasteiger partial charge < -0.3 is 9.73 Å². The van der Waals surface area contributed by atoms with E-state index in [0.717, 1.165) is 24.4 Å². The molecule has 0 bridgehead atoms. The lowest BCUT2D eigenvalue weighted by molar-refractivity contribution is 0.376. The zero-order valence-corrected chi connectivity index (χ0v) is 9.71. The monoisotopic (exact) mass is 205 g/mol. The fourth-order valence-electron chi connectivity index (χ4n) is 1.59. The summed E-state index contributed by atoms with van der Waals surface area (Å²) in [6.07, 6.45) is 7.11. The number of furan rings is 1. The Labute approximate surface area is 92.1 Å². The highest BCUT2D eigenvalue weighted by atomic mass is 16.3. The third kappa shape index (κ3) is 3.45. The lowest BCUT2D eigenvalue weighted by Gasteiger charge is -2.18. The van der Waals surface area contributed by atoms with E-state index in [2.05, 4.69) is 25.1 Å². The molecule has 0 saturated heterocycles. The number of aryl methyl sites for hydroxylation is 1. The maximum Gasteiger partial charge on any atom is 0.120 e. The normalized spacial score (nSPS) is 14.5. The molecule has 1 N–H and O–H groups in total. The van der Waals surface area contributed by atoms with E-state index in [1.54, 1.807) is 0 Å². The van der Waals surface area contributed by atoms with Gasteiger partial charge in [0.2, 0.25) is 0 Å². The van der Waals surface area contributed by atoms with Crippen LogP contribution in [-0.2, 0) is 0 Å². The smallest absolute Gasteiger partial charge is 0.120 e. The Hall–Kier alpha value is -1.20. The highest BCUT2D eigenvalue weighted by Crippen LogP contribution is 2.17. The topological polar surface area (TPSA) is 25.2 Å². The fourth-order valence-corrected chi connectivity index (χ4v) is 1.59. The average Bonchev–Trinajstić information content (AvgIpc) is 2.64. The number of hydrogen-bond donors (Lipinski definition) is 1. The van der Waals surface area contributed by atoms with E-state index in [-0.39, 0.29) is 6.04 Å². The van der Waals surface area contributed by atoms with E-state index in [1.807, 2.05) is 19.1 Å². The first-order chi connectivity index (χ1) is 7.17. The summed E-state index contributed by atoms with van der Waals surface area (Å²) in [6, 6.07) is 4.58.